The molecule has 0 unspecified atom stereocenters. The molecule has 2 rings (SSSR count). The number of methoxy groups -OCH3 is 1. The molecular weight excluding hydrogens is 279 g/mol. The summed E-state index contributed by atoms with van der Waals surface area (Å²) >= 11 is 0. The summed E-state index contributed by atoms with van der Waals surface area (Å²) < 4.78 is 43.2. The van der Waals surface area contributed by atoms with Crippen LogP contribution in [0.25, 0.3) is 11.3 Å². The van der Waals surface area contributed by atoms with Crippen molar-refractivity contribution >= 4 is 0 Å². The van der Waals surface area contributed by atoms with Gasteiger partial charge in [-0.3, -0.25) is 0 Å². The number of benzene rings is 1. The standard InChI is InChI=1S/C14H12F3NO.C2H6/c1-9-6-7-12(19-2)13(18-9)10-4-3-5-11(8-10)14(15,16)17;1-2/h3-8H,1-2H3;1-2H3. The number of nitrogens with zero attached hydrogens (tertiary/aromatic N) is 1. The summed E-state index contributed by atoms with van der Waals surface area (Å²) in [5.74, 6) is 0.449. The van der Waals surface area contributed by atoms with Gasteiger partial charge in [0.1, 0.15) is 11.4 Å². The maximum Gasteiger partial charge on any atom is 0.416 e. The zero-order chi connectivity index (χ0) is 16.0. The lowest BCUT2D eigenvalue weighted by Gasteiger charge is -2.11. The first-order chi connectivity index (χ1) is 9.91. The number of hydrogen-bond acceptors (Lipinski definition) is 2. The van der Waals surface area contributed by atoms with Gasteiger partial charge in [0.2, 0.25) is 0 Å². The highest BCUT2D eigenvalue weighted by Crippen LogP contribution is 2.34. The molecule has 2 aromatic rings. The molecule has 1 heterocycles. The van der Waals surface area contributed by atoms with Gasteiger partial charge in [0.05, 0.1) is 12.7 Å². The maximum absolute atomic E-state index is 12.7. The van der Waals surface area contributed by atoms with Crippen molar-refractivity contribution in [2.24, 2.45) is 0 Å². The Bertz CT molecular complexity index is 594. The van der Waals surface area contributed by atoms with Crippen molar-refractivity contribution in [3.8, 4) is 17.0 Å². The lowest BCUT2D eigenvalue weighted by Crippen LogP contribution is -2.05. The van der Waals surface area contributed by atoms with Crippen molar-refractivity contribution < 1.29 is 17.9 Å². The van der Waals surface area contributed by atoms with E-state index in [9.17, 15) is 13.2 Å². The molecular formula is C16H18F3NO. The van der Waals surface area contributed by atoms with Crippen molar-refractivity contribution in [3.05, 3.63) is 47.7 Å². The molecule has 0 N–H and O–H groups in total. The fraction of sp³-hybridized carbons (Fsp3) is 0.312. The Balaban J connectivity index is 0.00000106. The molecule has 0 saturated carbocycles. The summed E-state index contributed by atoms with van der Waals surface area (Å²) in [6, 6.07) is 8.49. The third kappa shape index (κ3) is 4.21. The summed E-state index contributed by atoms with van der Waals surface area (Å²) in [5.41, 5.74) is 0.813. The van der Waals surface area contributed by atoms with Gasteiger partial charge in [0, 0.05) is 11.3 Å². The van der Waals surface area contributed by atoms with Gasteiger partial charge >= 0.3 is 6.18 Å². The van der Waals surface area contributed by atoms with Gasteiger partial charge in [0.25, 0.3) is 0 Å². The van der Waals surface area contributed by atoms with Crippen molar-refractivity contribution in [3.63, 3.8) is 0 Å². The third-order valence-corrected chi connectivity index (χ3v) is 2.68. The SMILES string of the molecule is CC.COc1ccc(C)nc1-c1cccc(C(F)(F)F)c1. The van der Waals surface area contributed by atoms with Crippen LogP contribution in [0.3, 0.4) is 0 Å². The van der Waals surface area contributed by atoms with E-state index in [4.69, 9.17) is 4.74 Å². The molecule has 21 heavy (non-hydrogen) atoms. The summed E-state index contributed by atoms with van der Waals surface area (Å²) in [6.45, 7) is 5.77. The first-order valence-electron chi connectivity index (χ1n) is 6.61. The van der Waals surface area contributed by atoms with E-state index in [-0.39, 0.29) is 0 Å². The summed E-state index contributed by atoms with van der Waals surface area (Å²) in [5, 5.41) is 0. The lowest BCUT2D eigenvalue weighted by molar-refractivity contribution is -0.137. The Morgan fingerprint density at radius 1 is 1.05 bits per heavy atom. The van der Waals surface area contributed by atoms with Gasteiger partial charge in [0.15, 0.2) is 0 Å². The molecule has 0 aliphatic rings. The lowest BCUT2D eigenvalue weighted by atomic mass is 10.1. The van der Waals surface area contributed by atoms with Crippen molar-refractivity contribution in [1.29, 1.82) is 0 Å². The van der Waals surface area contributed by atoms with Gasteiger partial charge < -0.3 is 4.74 Å². The zero-order valence-electron chi connectivity index (χ0n) is 12.5. The van der Waals surface area contributed by atoms with E-state index >= 15 is 0 Å². The Kier molecular flexibility index (Phi) is 5.76. The van der Waals surface area contributed by atoms with Crippen LogP contribution in [0.2, 0.25) is 0 Å². The van der Waals surface area contributed by atoms with Crippen LogP contribution in [0.15, 0.2) is 36.4 Å². The minimum absolute atomic E-state index is 0.385. The second kappa shape index (κ2) is 7.11. The second-order valence-corrected chi connectivity index (χ2v) is 4.08. The number of hydrogen-bond donors (Lipinski definition) is 0. The highest BCUT2D eigenvalue weighted by Gasteiger charge is 2.30. The zero-order valence-corrected chi connectivity index (χ0v) is 12.5. The van der Waals surface area contributed by atoms with Gasteiger partial charge in [-0.1, -0.05) is 26.0 Å². The molecule has 0 atom stereocenters. The van der Waals surface area contributed by atoms with Crippen molar-refractivity contribution in [2.45, 2.75) is 26.9 Å². The Morgan fingerprint density at radius 2 is 1.71 bits per heavy atom. The van der Waals surface area contributed by atoms with Crippen LogP contribution in [0.4, 0.5) is 13.2 Å². The molecule has 0 saturated heterocycles. The summed E-state index contributed by atoms with van der Waals surface area (Å²) in [7, 11) is 1.46. The molecule has 1 aromatic heterocycles. The normalized spacial score (nSPS) is 10.6. The minimum atomic E-state index is -4.37. The van der Waals surface area contributed by atoms with E-state index in [0.29, 0.717) is 22.7 Å². The first kappa shape index (κ1) is 17.0. The van der Waals surface area contributed by atoms with Gasteiger partial charge in [-0.05, 0) is 31.2 Å². The largest absolute Gasteiger partial charge is 0.494 e. The monoisotopic (exact) mass is 297 g/mol. The third-order valence-electron chi connectivity index (χ3n) is 2.68. The van der Waals surface area contributed by atoms with Gasteiger partial charge in [-0.15, -0.1) is 0 Å². The number of aryl methyl sites for hydroxylation is 1. The minimum Gasteiger partial charge on any atom is -0.494 e. The average molecular weight is 297 g/mol. The van der Waals surface area contributed by atoms with Crippen LogP contribution in [0.5, 0.6) is 5.75 Å². The highest BCUT2D eigenvalue weighted by atomic mass is 19.4. The van der Waals surface area contributed by atoms with E-state index in [1.165, 1.54) is 13.2 Å². The molecule has 0 radical (unpaired) electrons. The van der Waals surface area contributed by atoms with Crippen LogP contribution < -0.4 is 4.74 Å². The van der Waals surface area contributed by atoms with Crippen molar-refractivity contribution in [1.82, 2.24) is 4.98 Å². The molecule has 0 amide bonds. The van der Waals surface area contributed by atoms with Gasteiger partial charge in [-0.2, -0.15) is 13.2 Å². The van der Waals surface area contributed by atoms with Gasteiger partial charge in [-0.25, -0.2) is 4.98 Å². The second-order valence-electron chi connectivity index (χ2n) is 4.08. The van der Waals surface area contributed by atoms with E-state index < -0.39 is 11.7 Å². The van der Waals surface area contributed by atoms with Crippen LogP contribution in [0.1, 0.15) is 25.1 Å². The molecule has 0 bridgehead atoms. The first-order valence-corrected chi connectivity index (χ1v) is 6.61. The fourth-order valence-corrected chi connectivity index (χ4v) is 1.76. The van der Waals surface area contributed by atoms with E-state index in [0.717, 1.165) is 12.1 Å². The van der Waals surface area contributed by atoms with Crippen LogP contribution in [-0.2, 0) is 6.18 Å². The van der Waals surface area contributed by atoms with E-state index in [2.05, 4.69) is 4.98 Å². The van der Waals surface area contributed by atoms with E-state index in [1.54, 1.807) is 25.1 Å². The predicted molar refractivity (Wildman–Crippen MR) is 77.3 cm³/mol. The van der Waals surface area contributed by atoms with Crippen LogP contribution in [0, 0.1) is 6.92 Å². The quantitative estimate of drug-likeness (QED) is 0.768. The Morgan fingerprint density at radius 3 is 2.29 bits per heavy atom. The fourth-order valence-electron chi connectivity index (χ4n) is 1.76. The Hall–Kier alpha value is -2.04. The molecule has 5 heteroatoms. The summed E-state index contributed by atoms with van der Waals surface area (Å²) in [4.78, 5) is 4.25. The highest BCUT2D eigenvalue weighted by molar-refractivity contribution is 5.67. The molecule has 0 fully saturated rings. The number of rotatable bonds is 2. The number of halogens is 3. The number of alkyl halides is 3. The topological polar surface area (TPSA) is 22.1 Å². The molecule has 0 aliphatic heterocycles. The smallest absolute Gasteiger partial charge is 0.416 e. The predicted octanol–water partition coefficient (Wildman–Crippen LogP) is 5.11. The summed E-state index contributed by atoms with van der Waals surface area (Å²) in [6.07, 6.45) is -4.37. The van der Waals surface area contributed by atoms with Crippen LogP contribution >= 0.6 is 0 Å². The van der Waals surface area contributed by atoms with Crippen LogP contribution in [-0.4, -0.2) is 12.1 Å². The Labute approximate surface area is 122 Å². The molecule has 0 aliphatic carbocycles. The van der Waals surface area contributed by atoms with E-state index in [1.807, 2.05) is 13.8 Å². The average Bonchev–Trinajstić information content (AvgIpc) is 2.48. The molecule has 114 valence electrons. The number of aromatic nitrogens is 1. The van der Waals surface area contributed by atoms with Crippen molar-refractivity contribution in [2.75, 3.05) is 7.11 Å². The number of pyridine rings is 1. The number of ether oxygens (including phenoxy) is 1. The molecule has 0 spiro atoms. The molecule has 2 nitrogen and oxygen atoms in total. The maximum atomic E-state index is 12.7. The molecule has 1 aromatic carbocycles.